The van der Waals surface area contributed by atoms with E-state index in [0.717, 1.165) is 23.3 Å². The Morgan fingerprint density at radius 1 is 1.36 bits per heavy atom. The number of carbonyl (C=O) groups excluding carboxylic acids is 1. The van der Waals surface area contributed by atoms with Gasteiger partial charge in [0, 0.05) is 26.2 Å². The topological polar surface area (TPSA) is 53.6 Å². The molecule has 1 heterocycles. The van der Waals surface area contributed by atoms with Crippen molar-refractivity contribution in [3.63, 3.8) is 0 Å². The van der Waals surface area contributed by atoms with Crippen molar-refractivity contribution in [1.82, 2.24) is 15.8 Å². The fraction of sp³-hybridized carbons (Fsp3) is 0.588. The van der Waals surface area contributed by atoms with E-state index in [-0.39, 0.29) is 17.9 Å². The van der Waals surface area contributed by atoms with Gasteiger partial charge in [0.05, 0.1) is 12.5 Å². The Morgan fingerprint density at radius 2 is 2.05 bits per heavy atom. The number of amides is 1. The van der Waals surface area contributed by atoms with Crippen LogP contribution in [-0.4, -0.2) is 43.6 Å². The van der Waals surface area contributed by atoms with Gasteiger partial charge >= 0.3 is 0 Å². The van der Waals surface area contributed by atoms with E-state index >= 15 is 0 Å². The number of hydrogen-bond acceptors (Lipinski definition) is 4. The number of hydrogen-bond donors (Lipinski definition) is 2. The van der Waals surface area contributed by atoms with Crippen molar-refractivity contribution in [2.75, 3.05) is 26.7 Å². The van der Waals surface area contributed by atoms with Gasteiger partial charge in [-0.05, 0) is 38.3 Å². The summed E-state index contributed by atoms with van der Waals surface area (Å²) < 4.78 is 5.88. The molecule has 0 bridgehead atoms. The smallest absolute Gasteiger partial charge is 0.228 e. The second kappa shape index (κ2) is 7.61. The second-order valence-corrected chi connectivity index (χ2v) is 6.10. The highest BCUT2D eigenvalue weighted by Gasteiger charge is 2.31. The summed E-state index contributed by atoms with van der Waals surface area (Å²) in [6.07, 6.45) is 0.831. The van der Waals surface area contributed by atoms with Crippen molar-refractivity contribution in [3.8, 4) is 5.75 Å². The van der Waals surface area contributed by atoms with Crippen LogP contribution in [0, 0.1) is 19.8 Å². The van der Waals surface area contributed by atoms with E-state index in [1.807, 2.05) is 24.9 Å². The first-order chi connectivity index (χ1) is 10.5. The van der Waals surface area contributed by atoms with Crippen LogP contribution in [0.5, 0.6) is 5.75 Å². The van der Waals surface area contributed by atoms with Crippen molar-refractivity contribution < 1.29 is 9.53 Å². The summed E-state index contributed by atoms with van der Waals surface area (Å²) in [5.74, 6) is 1.18. The molecular formula is C17H27N3O2. The van der Waals surface area contributed by atoms with Crippen LogP contribution in [0.15, 0.2) is 18.2 Å². The lowest BCUT2D eigenvalue weighted by molar-refractivity contribution is -0.134. The molecule has 5 heteroatoms. The van der Waals surface area contributed by atoms with Crippen molar-refractivity contribution in [2.24, 2.45) is 5.92 Å². The third-order valence-corrected chi connectivity index (χ3v) is 4.24. The summed E-state index contributed by atoms with van der Waals surface area (Å²) in [5.41, 5.74) is 8.43. The Morgan fingerprint density at radius 3 is 2.64 bits per heavy atom. The van der Waals surface area contributed by atoms with Gasteiger partial charge in [0.2, 0.25) is 5.91 Å². The molecule has 22 heavy (non-hydrogen) atoms. The molecule has 5 nitrogen and oxygen atoms in total. The molecule has 2 atom stereocenters. The Labute approximate surface area is 133 Å². The SMILES string of the molecule is Cc1cccc(C)c1OCCCN(C)C(=O)C1CNNC1C. The van der Waals surface area contributed by atoms with Gasteiger partial charge in [-0.3, -0.25) is 15.6 Å². The number of rotatable bonds is 6. The van der Waals surface area contributed by atoms with Gasteiger partial charge in [-0.2, -0.15) is 0 Å². The molecule has 2 rings (SSSR count). The quantitative estimate of drug-likeness (QED) is 0.785. The van der Waals surface area contributed by atoms with Gasteiger partial charge in [0.25, 0.3) is 0 Å². The molecular weight excluding hydrogens is 278 g/mol. The molecule has 2 N–H and O–H groups in total. The molecule has 0 saturated carbocycles. The average molecular weight is 305 g/mol. The van der Waals surface area contributed by atoms with E-state index in [1.54, 1.807) is 0 Å². The predicted molar refractivity (Wildman–Crippen MR) is 87.8 cm³/mol. The Kier molecular flexibility index (Phi) is 5.80. The molecule has 0 aromatic heterocycles. The summed E-state index contributed by atoms with van der Waals surface area (Å²) >= 11 is 0. The molecule has 0 spiro atoms. The molecule has 1 fully saturated rings. The first kappa shape index (κ1) is 16.8. The number of nitrogens with zero attached hydrogens (tertiary/aromatic N) is 1. The molecule has 0 aliphatic carbocycles. The standard InChI is InChI=1S/C17H27N3O2/c1-12-7-5-8-13(2)16(12)22-10-6-9-20(4)17(21)15-11-18-19-14(15)3/h5,7-8,14-15,18-19H,6,9-11H2,1-4H3. The van der Waals surface area contributed by atoms with Crippen molar-refractivity contribution in [1.29, 1.82) is 0 Å². The minimum atomic E-state index is 0.0181. The highest BCUT2D eigenvalue weighted by Crippen LogP contribution is 2.22. The highest BCUT2D eigenvalue weighted by atomic mass is 16.5. The zero-order valence-electron chi connectivity index (χ0n) is 14.0. The number of aryl methyl sites for hydroxylation is 2. The first-order valence-electron chi connectivity index (χ1n) is 7.93. The van der Waals surface area contributed by atoms with E-state index < -0.39 is 0 Å². The van der Waals surface area contributed by atoms with Crippen molar-refractivity contribution >= 4 is 5.91 Å². The lowest BCUT2D eigenvalue weighted by Gasteiger charge is -2.22. The zero-order valence-corrected chi connectivity index (χ0v) is 14.0. The van der Waals surface area contributed by atoms with Crippen LogP contribution in [0.1, 0.15) is 24.5 Å². The van der Waals surface area contributed by atoms with Gasteiger partial charge < -0.3 is 9.64 Å². The molecule has 1 aliphatic heterocycles. The van der Waals surface area contributed by atoms with Gasteiger partial charge in [-0.25, -0.2) is 0 Å². The summed E-state index contributed by atoms with van der Waals surface area (Å²) in [5, 5.41) is 0. The summed E-state index contributed by atoms with van der Waals surface area (Å²) in [6.45, 7) is 8.18. The largest absolute Gasteiger partial charge is 0.493 e. The maximum atomic E-state index is 12.3. The highest BCUT2D eigenvalue weighted by molar-refractivity contribution is 5.79. The lowest BCUT2D eigenvalue weighted by Crippen LogP contribution is -2.39. The van der Waals surface area contributed by atoms with E-state index in [0.29, 0.717) is 19.7 Å². The van der Waals surface area contributed by atoms with Crippen molar-refractivity contribution in [3.05, 3.63) is 29.3 Å². The molecule has 1 aliphatic rings. The molecule has 122 valence electrons. The number of carbonyl (C=O) groups is 1. The van der Waals surface area contributed by atoms with E-state index in [1.165, 1.54) is 0 Å². The number of nitrogens with one attached hydrogen (secondary N) is 2. The van der Waals surface area contributed by atoms with Crippen LogP contribution >= 0.6 is 0 Å². The second-order valence-electron chi connectivity index (χ2n) is 6.10. The van der Waals surface area contributed by atoms with Gasteiger partial charge in [0.1, 0.15) is 5.75 Å². The number of hydrazine groups is 1. The molecule has 1 amide bonds. The maximum absolute atomic E-state index is 12.3. The monoisotopic (exact) mass is 305 g/mol. The summed E-state index contributed by atoms with van der Waals surface area (Å²) in [6, 6.07) is 6.33. The van der Waals surface area contributed by atoms with Crippen LogP contribution < -0.4 is 15.6 Å². The van der Waals surface area contributed by atoms with Crippen LogP contribution in [-0.2, 0) is 4.79 Å². The average Bonchev–Trinajstić information content (AvgIpc) is 2.91. The van der Waals surface area contributed by atoms with Crippen LogP contribution in [0.4, 0.5) is 0 Å². The fourth-order valence-electron chi connectivity index (χ4n) is 2.80. The minimum Gasteiger partial charge on any atom is -0.493 e. The fourth-order valence-corrected chi connectivity index (χ4v) is 2.80. The van der Waals surface area contributed by atoms with Crippen LogP contribution in [0.2, 0.25) is 0 Å². The third kappa shape index (κ3) is 3.99. The summed E-state index contributed by atoms with van der Waals surface area (Å²) in [7, 11) is 1.87. The minimum absolute atomic E-state index is 0.0181. The molecule has 1 aromatic carbocycles. The lowest BCUT2D eigenvalue weighted by atomic mass is 10.0. The molecule has 2 unspecified atom stereocenters. The van der Waals surface area contributed by atoms with Crippen molar-refractivity contribution in [2.45, 2.75) is 33.2 Å². The molecule has 0 radical (unpaired) electrons. The van der Waals surface area contributed by atoms with E-state index in [2.05, 4.69) is 36.8 Å². The third-order valence-electron chi connectivity index (χ3n) is 4.24. The zero-order chi connectivity index (χ0) is 16.1. The van der Waals surface area contributed by atoms with E-state index in [4.69, 9.17) is 4.74 Å². The number of ether oxygens (including phenoxy) is 1. The maximum Gasteiger partial charge on any atom is 0.228 e. The van der Waals surface area contributed by atoms with Crippen LogP contribution in [0.25, 0.3) is 0 Å². The predicted octanol–water partition coefficient (Wildman–Crippen LogP) is 1.64. The Bertz CT molecular complexity index is 498. The Hall–Kier alpha value is -1.59. The van der Waals surface area contributed by atoms with Crippen LogP contribution in [0.3, 0.4) is 0 Å². The molecule has 1 aromatic rings. The normalized spacial score (nSPS) is 20.9. The number of benzene rings is 1. The number of para-hydroxylation sites is 1. The summed E-state index contributed by atoms with van der Waals surface area (Å²) in [4.78, 5) is 14.1. The first-order valence-corrected chi connectivity index (χ1v) is 7.93. The molecule has 1 saturated heterocycles. The van der Waals surface area contributed by atoms with E-state index in [9.17, 15) is 4.79 Å². The Balaban J connectivity index is 1.75. The van der Waals surface area contributed by atoms with Gasteiger partial charge in [0.15, 0.2) is 0 Å². The van der Waals surface area contributed by atoms with Gasteiger partial charge in [-0.15, -0.1) is 0 Å². The van der Waals surface area contributed by atoms with Gasteiger partial charge in [-0.1, -0.05) is 18.2 Å².